The molecule has 3 unspecified atom stereocenters. The molecule has 114 valence electrons. The van der Waals surface area contributed by atoms with E-state index < -0.39 is 0 Å². The van der Waals surface area contributed by atoms with Gasteiger partial charge in [-0.05, 0) is 36.6 Å². The van der Waals surface area contributed by atoms with Crippen LogP contribution in [0.2, 0.25) is 0 Å². The van der Waals surface area contributed by atoms with Crippen molar-refractivity contribution in [3.8, 4) is 0 Å². The molecule has 3 rings (SSSR count). The minimum absolute atomic E-state index is 0.0987. The number of hydrogen-bond acceptors (Lipinski definition) is 2. The second kappa shape index (κ2) is 6.69. The van der Waals surface area contributed by atoms with Gasteiger partial charge in [-0.15, -0.1) is 0 Å². The summed E-state index contributed by atoms with van der Waals surface area (Å²) in [4.78, 5) is 4.30. The number of thioether (sulfide) groups is 1. The summed E-state index contributed by atoms with van der Waals surface area (Å²) in [6, 6.07) is 7.86. The normalized spacial score (nSPS) is 29.0. The zero-order valence-electron chi connectivity index (χ0n) is 12.3. The lowest BCUT2D eigenvalue weighted by molar-refractivity contribution is 0.579. The van der Waals surface area contributed by atoms with Gasteiger partial charge in [-0.25, -0.2) is 4.39 Å². The SMILES string of the molecule is CN=C(NC1CCCSC1)NC1CC1c1ccccc1F. The maximum atomic E-state index is 13.8. The predicted molar refractivity (Wildman–Crippen MR) is 87.5 cm³/mol. The zero-order chi connectivity index (χ0) is 14.7. The molecule has 2 fully saturated rings. The van der Waals surface area contributed by atoms with E-state index in [4.69, 9.17) is 0 Å². The van der Waals surface area contributed by atoms with Gasteiger partial charge < -0.3 is 10.6 Å². The first-order valence-corrected chi connectivity index (χ1v) is 8.75. The molecule has 0 bridgehead atoms. The first-order valence-electron chi connectivity index (χ1n) is 7.60. The van der Waals surface area contributed by atoms with Crippen molar-refractivity contribution in [1.29, 1.82) is 0 Å². The monoisotopic (exact) mass is 307 g/mol. The molecule has 2 N–H and O–H groups in total. The van der Waals surface area contributed by atoms with Gasteiger partial charge in [-0.3, -0.25) is 4.99 Å². The first-order chi connectivity index (χ1) is 10.3. The third-order valence-electron chi connectivity index (χ3n) is 4.14. The standard InChI is InChI=1S/C16H22FN3S/c1-18-16(19-11-5-4-8-21-10-11)20-15-9-13(15)12-6-2-3-7-14(12)17/h2-3,6-7,11,13,15H,4-5,8-10H2,1H3,(H2,18,19,20). The van der Waals surface area contributed by atoms with Gasteiger partial charge in [0.25, 0.3) is 0 Å². The fourth-order valence-corrected chi connectivity index (χ4v) is 3.94. The number of benzene rings is 1. The molecule has 5 heteroatoms. The Hall–Kier alpha value is -1.23. The van der Waals surface area contributed by atoms with E-state index in [1.165, 1.54) is 24.7 Å². The van der Waals surface area contributed by atoms with E-state index in [9.17, 15) is 4.39 Å². The van der Waals surface area contributed by atoms with Crippen LogP contribution in [0.1, 0.15) is 30.7 Å². The Morgan fingerprint density at radius 1 is 1.33 bits per heavy atom. The Balaban J connectivity index is 1.53. The molecule has 0 aromatic heterocycles. The number of nitrogens with zero attached hydrogens (tertiary/aromatic N) is 1. The molecule has 0 radical (unpaired) electrons. The average Bonchev–Trinajstić information content (AvgIpc) is 3.27. The Bertz CT molecular complexity index is 514. The highest BCUT2D eigenvalue weighted by molar-refractivity contribution is 7.99. The average molecular weight is 307 g/mol. The van der Waals surface area contributed by atoms with Crippen LogP contribution in [-0.4, -0.2) is 36.6 Å². The van der Waals surface area contributed by atoms with Gasteiger partial charge >= 0.3 is 0 Å². The summed E-state index contributed by atoms with van der Waals surface area (Å²) in [6.45, 7) is 0. The fraction of sp³-hybridized carbons (Fsp3) is 0.562. The molecule has 1 saturated heterocycles. The van der Waals surface area contributed by atoms with Crippen LogP contribution < -0.4 is 10.6 Å². The molecule has 1 aromatic rings. The molecule has 1 saturated carbocycles. The Kier molecular flexibility index (Phi) is 4.68. The summed E-state index contributed by atoms with van der Waals surface area (Å²) in [5.41, 5.74) is 0.818. The fourth-order valence-electron chi connectivity index (χ4n) is 2.87. The topological polar surface area (TPSA) is 36.4 Å². The van der Waals surface area contributed by atoms with E-state index in [0.717, 1.165) is 23.7 Å². The minimum Gasteiger partial charge on any atom is -0.353 e. The van der Waals surface area contributed by atoms with Crippen LogP contribution in [0.25, 0.3) is 0 Å². The molecule has 0 amide bonds. The van der Waals surface area contributed by atoms with Crippen LogP contribution >= 0.6 is 11.8 Å². The molecule has 1 aromatic carbocycles. The maximum Gasteiger partial charge on any atom is 0.191 e. The van der Waals surface area contributed by atoms with Crippen LogP contribution in [0.15, 0.2) is 29.3 Å². The van der Waals surface area contributed by atoms with Gasteiger partial charge in [0.2, 0.25) is 0 Å². The number of rotatable bonds is 3. The molecule has 3 atom stereocenters. The Morgan fingerprint density at radius 2 is 2.19 bits per heavy atom. The largest absolute Gasteiger partial charge is 0.353 e. The Morgan fingerprint density at radius 3 is 2.90 bits per heavy atom. The van der Waals surface area contributed by atoms with Crippen molar-refractivity contribution >= 4 is 17.7 Å². The molecule has 1 aliphatic heterocycles. The minimum atomic E-state index is -0.0987. The lowest BCUT2D eigenvalue weighted by Crippen LogP contribution is -2.46. The third-order valence-corrected chi connectivity index (χ3v) is 5.36. The maximum absolute atomic E-state index is 13.8. The van der Waals surface area contributed by atoms with E-state index in [1.54, 1.807) is 13.1 Å². The zero-order valence-corrected chi connectivity index (χ0v) is 13.1. The third kappa shape index (κ3) is 3.70. The summed E-state index contributed by atoms with van der Waals surface area (Å²) in [6.07, 6.45) is 3.44. The Labute approximate surface area is 129 Å². The molecule has 1 heterocycles. The number of guanidine groups is 1. The van der Waals surface area contributed by atoms with Gasteiger partial charge in [-0.1, -0.05) is 18.2 Å². The highest BCUT2D eigenvalue weighted by atomic mass is 32.2. The van der Waals surface area contributed by atoms with E-state index in [1.807, 2.05) is 23.9 Å². The molecule has 1 aliphatic carbocycles. The second-order valence-corrected chi connectivity index (χ2v) is 6.89. The van der Waals surface area contributed by atoms with Crippen molar-refractivity contribution in [2.45, 2.75) is 37.3 Å². The smallest absolute Gasteiger partial charge is 0.191 e. The van der Waals surface area contributed by atoms with Gasteiger partial charge in [0, 0.05) is 30.8 Å². The summed E-state index contributed by atoms with van der Waals surface area (Å²) in [5.74, 6) is 3.43. The van der Waals surface area contributed by atoms with Crippen molar-refractivity contribution < 1.29 is 4.39 Å². The van der Waals surface area contributed by atoms with Gasteiger partial charge in [0.15, 0.2) is 5.96 Å². The van der Waals surface area contributed by atoms with E-state index in [2.05, 4.69) is 15.6 Å². The van der Waals surface area contributed by atoms with E-state index in [0.29, 0.717) is 12.1 Å². The highest BCUT2D eigenvalue weighted by Crippen LogP contribution is 2.41. The van der Waals surface area contributed by atoms with Crippen molar-refractivity contribution in [2.75, 3.05) is 18.6 Å². The van der Waals surface area contributed by atoms with Crippen molar-refractivity contribution in [2.24, 2.45) is 4.99 Å². The van der Waals surface area contributed by atoms with Crippen LogP contribution in [0.5, 0.6) is 0 Å². The number of aliphatic imine (C=N–C) groups is 1. The molecule has 0 spiro atoms. The van der Waals surface area contributed by atoms with Crippen LogP contribution in [0.3, 0.4) is 0 Å². The molecule has 3 nitrogen and oxygen atoms in total. The van der Waals surface area contributed by atoms with E-state index in [-0.39, 0.29) is 11.7 Å². The van der Waals surface area contributed by atoms with Gasteiger partial charge in [-0.2, -0.15) is 11.8 Å². The summed E-state index contributed by atoms with van der Waals surface area (Å²) in [7, 11) is 1.80. The summed E-state index contributed by atoms with van der Waals surface area (Å²) in [5, 5.41) is 6.91. The van der Waals surface area contributed by atoms with Gasteiger partial charge in [0.05, 0.1) is 0 Å². The van der Waals surface area contributed by atoms with Crippen LogP contribution in [-0.2, 0) is 0 Å². The highest BCUT2D eigenvalue weighted by Gasteiger charge is 2.40. The van der Waals surface area contributed by atoms with Crippen molar-refractivity contribution in [1.82, 2.24) is 10.6 Å². The van der Waals surface area contributed by atoms with Crippen molar-refractivity contribution in [3.63, 3.8) is 0 Å². The van der Waals surface area contributed by atoms with Crippen LogP contribution in [0.4, 0.5) is 4.39 Å². The summed E-state index contributed by atoms with van der Waals surface area (Å²) >= 11 is 1.99. The van der Waals surface area contributed by atoms with Crippen LogP contribution in [0, 0.1) is 5.82 Å². The lowest BCUT2D eigenvalue weighted by atomic mass is 10.1. The number of halogens is 1. The van der Waals surface area contributed by atoms with Gasteiger partial charge in [0.1, 0.15) is 5.82 Å². The first kappa shape index (κ1) is 14.7. The second-order valence-electron chi connectivity index (χ2n) is 5.75. The molecular formula is C16H22FN3S. The number of nitrogens with one attached hydrogen (secondary N) is 2. The summed E-state index contributed by atoms with van der Waals surface area (Å²) < 4.78 is 13.8. The lowest BCUT2D eigenvalue weighted by Gasteiger charge is -2.24. The quantitative estimate of drug-likeness (QED) is 0.666. The van der Waals surface area contributed by atoms with E-state index >= 15 is 0 Å². The van der Waals surface area contributed by atoms with Crippen molar-refractivity contribution in [3.05, 3.63) is 35.6 Å². The number of hydrogen-bond donors (Lipinski definition) is 2. The molecule has 2 aliphatic rings. The predicted octanol–water partition coefficient (Wildman–Crippen LogP) is 2.74. The molecule has 21 heavy (non-hydrogen) atoms. The molecular weight excluding hydrogens is 285 g/mol.